The Labute approximate surface area is 107 Å². The normalized spacial score (nSPS) is 16.5. The number of rotatable bonds is 7. The highest BCUT2D eigenvalue weighted by molar-refractivity contribution is 5.74. The third-order valence-electron chi connectivity index (χ3n) is 3.05. The minimum Gasteiger partial charge on any atom is -0.481 e. The Hall–Kier alpha value is -1.14. The number of carboxylic acid groups (broad SMARTS) is 1. The van der Waals surface area contributed by atoms with Gasteiger partial charge in [-0.15, -0.1) is 0 Å². The summed E-state index contributed by atoms with van der Waals surface area (Å²) in [6, 6.07) is 0. The number of morpholine rings is 1. The van der Waals surface area contributed by atoms with Crippen molar-refractivity contribution in [1.29, 1.82) is 0 Å². The van der Waals surface area contributed by atoms with Gasteiger partial charge in [-0.1, -0.05) is 0 Å². The minimum absolute atomic E-state index is 0.0110. The summed E-state index contributed by atoms with van der Waals surface area (Å²) < 4.78 is 5.26. The van der Waals surface area contributed by atoms with E-state index in [1.54, 1.807) is 4.90 Å². The molecule has 0 atom stereocenters. The summed E-state index contributed by atoms with van der Waals surface area (Å²) in [5.74, 6) is -0.923. The van der Waals surface area contributed by atoms with E-state index in [1.807, 2.05) is 0 Å². The fourth-order valence-electron chi connectivity index (χ4n) is 1.97. The number of hydrogen-bond donors (Lipinski definition) is 1. The van der Waals surface area contributed by atoms with Crippen molar-refractivity contribution in [2.45, 2.75) is 19.8 Å². The Morgan fingerprint density at radius 1 is 1.28 bits per heavy atom. The van der Waals surface area contributed by atoms with Crippen LogP contribution in [0.1, 0.15) is 19.8 Å². The number of carbonyl (C=O) groups excluding carboxylic acids is 1. The molecule has 0 aromatic carbocycles. The molecule has 0 radical (unpaired) electrons. The molecule has 1 amide bonds. The van der Waals surface area contributed by atoms with Gasteiger partial charge in [0.25, 0.3) is 0 Å². The van der Waals surface area contributed by atoms with E-state index in [0.29, 0.717) is 13.1 Å². The van der Waals surface area contributed by atoms with Gasteiger partial charge in [0, 0.05) is 39.6 Å². The molecule has 0 aromatic heterocycles. The lowest BCUT2D eigenvalue weighted by Gasteiger charge is -2.28. The van der Waals surface area contributed by atoms with Crippen LogP contribution in [0.25, 0.3) is 0 Å². The Bertz CT molecular complexity index is 277. The molecule has 0 aromatic rings. The van der Waals surface area contributed by atoms with E-state index >= 15 is 0 Å². The highest BCUT2D eigenvalue weighted by Crippen LogP contribution is 2.01. The van der Waals surface area contributed by atoms with Crippen LogP contribution in [0.15, 0.2) is 0 Å². The van der Waals surface area contributed by atoms with Crippen molar-refractivity contribution >= 4 is 11.9 Å². The van der Waals surface area contributed by atoms with Crippen LogP contribution in [0, 0.1) is 0 Å². The van der Waals surface area contributed by atoms with Crippen molar-refractivity contribution in [3.8, 4) is 0 Å². The monoisotopic (exact) mass is 258 g/mol. The lowest BCUT2D eigenvalue weighted by atomic mass is 10.3. The molecule has 1 rings (SSSR count). The Morgan fingerprint density at radius 3 is 2.50 bits per heavy atom. The number of aliphatic carboxylic acids is 1. The van der Waals surface area contributed by atoms with Gasteiger partial charge >= 0.3 is 5.97 Å². The van der Waals surface area contributed by atoms with Crippen LogP contribution in [-0.4, -0.2) is 72.7 Å². The fourth-order valence-corrected chi connectivity index (χ4v) is 1.97. The minimum atomic E-state index is -0.866. The van der Waals surface area contributed by atoms with E-state index in [-0.39, 0.29) is 12.3 Å². The van der Waals surface area contributed by atoms with Gasteiger partial charge in [-0.25, -0.2) is 0 Å². The zero-order valence-corrected chi connectivity index (χ0v) is 10.9. The van der Waals surface area contributed by atoms with Crippen molar-refractivity contribution < 1.29 is 19.4 Å². The summed E-state index contributed by atoms with van der Waals surface area (Å²) in [4.78, 5) is 25.7. The molecule has 104 valence electrons. The van der Waals surface area contributed by atoms with Crippen LogP contribution >= 0.6 is 0 Å². The lowest BCUT2D eigenvalue weighted by molar-refractivity contribution is -0.138. The van der Waals surface area contributed by atoms with Crippen LogP contribution in [0.3, 0.4) is 0 Å². The first-order chi connectivity index (χ1) is 8.59. The fraction of sp³-hybridized carbons (Fsp3) is 0.833. The molecule has 0 unspecified atom stereocenters. The maximum absolute atomic E-state index is 11.3. The summed E-state index contributed by atoms with van der Waals surface area (Å²) >= 11 is 0. The lowest BCUT2D eigenvalue weighted by Crippen LogP contribution is -2.39. The molecule has 6 nitrogen and oxygen atoms in total. The molecule has 1 aliphatic rings. The third kappa shape index (κ3) is 5.97. The first kappa shape index (κ1) is 14.9. The van der Waals surface area contributed by atoms with E-state index in [4.69, 9.17) is 9.84 Å². The van der Waals surface area contributed by atoms with Crippen LogP contribution in [0.5, 0.6) is 0 Å². The smallest absolute Gasteiger partial charge is 0.305 e. The molecule has 1 fully saturated rings. The molecule has 0 spiro atoms. The standard InChI is InChI=1S/C12H22N2O4/c1-11(15)14(6-3-12(16)17)5-2-4-13-7-9-18-10-8-13/h2-10H2,1H3,(H,16,17). The van der Waals surface area contributed by atoms with Gasteiger partial charge in [0.2, 0.25) is 5.91 Å². The summed E-state index contributed by atoms with van der Waals surface area (Å²) in [6.45, 7) is 6.76. The molecular formula is C12H22N2O4. The summed E-state index contributed by atoms with van der Waals surface area (Å²) in [5.41, 5.74) is 0. The van der Waals surface area contributed by atoms with E-state index in [9.17, 15) is 9.59 Å². The average Bonchev–Trinajstić information content (AvgIpc) is 2.34. The van der Waals surface area contributed by atoms with Crippen molar-refractivity contribution in [3.63, 3.8) is 0 Å². The van der Waals surface area contributed by atoms with Gasteiger partial charge in [-0.2, -0.15) is 0 Å². The Morgan fingerprint density at radius 2 is 1.94 bits per heavy atom. The van der Waals surface area contributed by atoms with Crippen molar-refractivity contribution in [1.82, 2.24) is 9.80 Å². The number of nitrogens with zero attached hydrogens (tertiary/aromatic N) is 2. The molecule has 0 aliphatic carbocycles. The van der Waals surface area contributed by atoms with Gasteiger partial charge in [-0.3, -0.25) is 14.5 Å². The van der Waals surface area contributed by atoms with E-state index in [1.165, 1.54) is 6.92 Å². The van der Waals surface area contributed by atoms with Crippen LogP contribution < -0.4 is 0 Å². The summed E-state index contributed by atoms with van der Waals surface area (Å²) in [6.07, 6.45) is 0.885. The predicted molar refractivity (Wildman–Crippen MR) is 66.4 cm³/mol. The molecule has 0 bridgehead atoms. The average molecular weight is 258 g/mol. The number of amides is 1. The second-order valence-electron chi connectivity index (χ2n) is 4.46. The molecule has 6 heteroatoms. The summed E-state index contributed by atoms with van der Waals surface area (Å²) in [5, 5.41) is 8.61. The number of carboxylic acids is 1. The van der Waals surface area contributed by atoms with Gasteiger partial charge < -0.3 is 14.7 Å². The van der Waals surface area contributed by atoms with Gasteiger partial charge in [0.05, 0.1) is 19.6 Å². The van der Waals surface area contributed by atoms with Gasteiger partial charge in [0.1, 0.15) is 0 Å². The molecule has 1 heterocycles. The Balaban J connectivity index is 2.19. The quantitative estimate of drug-likeness (QED) is 0.698. The molecule has 18 heavy (non-hydrogen) atoms. The highest BCUT2D eigenvalue weighted by atomic mass is 16.5. The topological polar surface area (TPSA) is 70.1 Å². The van der Waals surface area contributed by atoms with E-state index in [0.717, 1.165) is 39.3 Å². The second-order valence-corrected chi connectivity index (χ2v) is 4.46. The number of ether oxygens (including phenoxy) is 1. The van der Waals surface area contributed by atoms with Crippen LogP contribution in [0.2, 0.25) is 0 Å². The largest absolute Gasteiger partial charge is 0.481 e. The highest BCUT2D eigenvalue weighted by Gasteiger charge is 2.13. The van der Waals surface area contributed by atoms with Crippen LogP contribution in [-0.2, 0) is 14.3 Å². The molecule has 1 saturated heterocycles. The molecular weight excluding hydrogens is 236 g/mol. The number of carbonyl (C=O) groups is 2. The van der Waals surface area contributed by atoms with Gasteiger partial charge in [-0.05, 0) is 6.42 Å². The van der Waals surface area contributed by atoms with Crippen molar-refractivity contribution in [2.24, 2.45) is 0 Å². The van der Waals surface area contributed by atoms with Crippen LogP contribution in [0.4, 0.5) is 0 Å². The molecule has 0 saturated carbocycles. The number of hydrogen-bond acceptors (Lipinski definition) is 4. The summed E-state index contributed by atoms with van der Waals surface area (Å²) in [7, 11) is 0. The zero-order chi connectivity index (χ0) is 13.4. The van der Waals surface area contributed by atoms with Gasteiger partial charge in [0.15, 0.2) is 0 Å². The van der Waals surface area contributed by atoms with Crippen molar-refractivity contribution in [2.75, 3.05) is 45.9 Å². The Kier molecular flexibility index (Phi) is 6.67. The first-order valence-corrected chi connectivity index (χ1v) is 6.37. The maximum Gasteiger partial charge on any atom is 0.305 e. The third-order valence-corrected chi connectivity index (χ3v) is 3.05. The zero-order valence-electron chi connectivity index (χ0n) is 10.9. The molecule has 1 aliphatic heterocycles. The second kappa shape index (κ2) is 8.05. The predicted octanol–water partition coefficient (Wildman–Crippen LogP) is 0.0319. The SMILES string of the molecule is CC(=O)N(CCCN1CCOCC1)CCC(=O)O. The molecule has 1 N–H and O–H groups in total. The van der Waals surface area contributed by atoms with E-state index in [2.05, 4.69) is 4.90 Å². The maximum atomic E-state index is 11.3. The van der Waals surface area contributed by atoms with Crippen molar-refractivity contribution in [3.05, 3.63) is 0 Å². The van der Waals surface area contributed by atoms with E-state index < -0.39 is 5.97 Å². The first-order valence-electron chi connectivity index (χ1n) is 6.37.